The normalized spacial score (nSPS) is 17.7. The van der Waals surface area contributed by atoms with Crippen LogP contribution < -0.4 is 0 Å². The highest BCUT2D eigenvalue weighted by Crippen LogP contribution is 2.52. The lowest BCUT2D eigenvalue weighted by molar-refractivity contribution is 0.108. The second-order valence-corrected chi connectivity index (χ2v) is 9.80. The van der Waals surface area contributed by atoms with E-state index in [1.54, 1.807) is 11.0 Å². The van der Waals surface area contributed by atoms with Crippen molar-refractivity contribution in [2.75, 3.05) is 13.2 Å². The standard InChI is InChI=1S/C29H28N2O2S/c1-2-20-33-28(32)31-22-27(21-26(31)18-19-30)34-29(23-12-6-3-7-13-23,24-14-8-4-9-15-24)25-16-10-5-11-17-25/h2-17,26-27H,1,18,20-22H2. The molecule has 0 radical (unpaired) electrons. The number of ether oxygens (including phenoxy) is 1. The third-order valence-electron chi connectivity index (χ3n) is 6.15. The lowest BCUT2D eigenvalue weighted by Crippen LogP contribution is -2.36. The van der Waals surface area contributed by atoms with Gasteiger partial charge in [0.1, 0.15) is 6.61 Å². The van der Waals surface area contributed by atoms with Crippen molar-refractivity contribution in [2.45, 2.75) is 28.9 Å². The zero-order valence-electron chi connectivity index (χ0n) is 19.0. The number of carbonyl (C=O) groups is 1. The predicted molar refractivity (Wildman–Crippen MR) is 137 cm³/mol. The highest BCUT2D eigenvalue weighted by molar-refractivity contribution is 8.01. The molecule has 5 heteroatoms. The molecule has 3 aromatic carbocycles. The molecule has 4 nitrogen and oxygen atoms in total. The van der Waals surface area contributed by atoms with Gasteiger partial charge in [-0.25, -0.2) is 4.79 Å². The Kier molecular flexibility index (Phi) is 7.72. The molecule has 2 atom stereocenters. The molecule has 1 fully saturated rings. The van der Waals surface area contributed by atoms with Crippen LogP contribution in [0.4, 0.5) is 4.79 Å². The number of likely N-dealkylation sites (tertiary alicyclic amines) is 1. The van der Waals surface area contributed by atoms with E-state index in [1.807, 2.05) is 30.0 Å². The summed E-state index contributed by atoms with van der Waals surface area (Å²) >= 11 is 1.85. The van der Waals surface area contributed by atoms with Gasteiger partial charge in [0, 0.05) is 17.8 Å². The second kappa shape index (κ2) is 11.1. The Morgan fingerprint density at radius 3 is 1.94 bits per heavy atom. The molecule has 34 heavy (non-hydrogen) atoms. The molecule has 1 aliphatic rings. The minimum Gasteiger partial charge on any atom is -0.445 e. The molecule has 4 rings (SSSR count). The van der Waals surface area contributed by atoms with Crippen LogP contribution in [0.2, 0.25) is 0 Å². The van der Waals surface area contributed by atoms with Gasteiger partial charge in [0.25, 0.3) is 0 Å². The molecule has 1 amide bonds. The molecular formula is C29H28N2O2S. The fraction of sp³-hybridized carbons (Fsp3) is 0.241. The molecule has 1 heterocycles. The van der Waals surface area contributed by atoms with Crippen LogP contribution in [0.15, 0.2) is 104 Å². The number of nitrogens with zero attached hydrogens (tertiary/aromatic N) is 2. The highest BCUT2D eigenvalue weighted by atomic mass is 32.2. The van der Waals surface area contributed by atoms with Crippen molar-refractivity contribution in [3.05, 3.63) is 120 Å². The van der Waals surface area contributed by atoms with E-state index in [0.717, 1.165) is 6.42 Å². The van der Waals surface area contributed by atoms with Crippen LogP contribution in [0.25, 0.3) is 0 Å². The molecule has 1 saturated heterocycles. The SMILES string of the molecule is C=CCOC(=O)N1CC(SC(c2ccccc2)(c2ccccc2)c2ccccc2)CC1CC#N. The number of nitriles is 1. The summed E-state index contributed by atoms with van der Waals surface area (Å²) in [7, 11) is 0. The first-order chi connectivity index (χ1) is 16.7. The van der Waals surface area contributed by atoms with E-state index in [2.05, 4.69) is 85.4 Å². The summed E-state index contributed by atoms with van der Waals surface area (Å²) in [5, 5.41) is 9.52. The zero-order valence-corrected chi connectivity index (χ0v) is 19.9. The van der Waals surface area contributed by atoms with Gasteiger partial charge in [-0.05, 0) is 23.1 Å². The first-order valence-corrected chi connectivity index (χ1v) is 12.3. The Balaban J connectivity index is 1.77. The van der Waals surface area contributed by atoms with Gasteiger partial charge in [-0.1, -0.05) is 104 Å². The van der Waals surface area contributed by atoms with Gasteiger partial charge >= 0.3 is 6.09 Å². The molecule has 0 aliphatic carbocycles. The summed E-state index contributed by atoms with van der Waals surface area (Å²) in [4.78, 5) is 14.5. The fourth-order valence-corrected chi connectivity index (χ4v) is 6.54. The molecule has 2 unspecified atom stereocenters. The number of amides is 1. The van der Waals surface area contributed by atoms with Crippen molar-refractivity contribution in [2.24, 2.45) is 0 Å². The summed E-state index contributed by atoms with van der Waals surface area (Å²) in [5.41, 5.74) is 3.55. The Labute approximate surface area is 205 Å². The third-order valence-corrected chi connectivity index (χ3v) is 7.88. The van der Waals surface area contributed by atoms with E-state index in [9.17, 15) is 10.1 Å². The topological polar surface area (TPSA) is 53.3 Å². The summed E-state index contributed by atoms with van der Waals surface area (Å²) in [6, 6.07) is 33.6. The smallest absolute Gasteiger partial charge is 0.410 e. The highest BCUT2D eigenvalue weighted by Gasteiger charge is 2.44. The number of hydrogen-bond acceptors (Lipinski definition) is 4. The van der Waals surface area contributed by atoms with Gasteiger partial charge in [-0.15, -0.1) is 11.8 Å². The maximum absolute atomic E-state index is 12.7. The van der Waals surface area contributed by atoms with Crippen molar-refractivity contribution < 1.29 is 9.53 Å². The summed E-state index contributed by atoms with van der Waals surface area (Å²) in [5.74, 6) is 0. The Hall–Kier alpha value is -3.49. The van der Waals surface area contributed by atoms with Gasteiger partial charge in [0.2, 0.25) is 0 Å². The van der Waals surface area contributed by atoms with Crippen LogP contribution in [0.3, 0.4) is 0 Å². The number of benzene rings is 3. The van der Waals surface area contributed by atoms with Crippen molar-refractivity contribution in [1.29, 1.82) is 5.26 Å². The minimum atomic E-state index is -0.466. The molecular weight excluding hydrogens is 440 g/mol. The molecule has 0 aromatic heterocycles. The maximum atomic E-state index is 12.7. The van der Waals surface area contributed by atoms with Crippen LogP contribution in [-0.4, -0.2) is 35.4 Å². The van der Waals surface area contributed by atoms with Crippen molar-refractivity contribution >= 4 is 17.9 Å². The van der Waals surface area contributed by atoms with Crippen molar-refractivity contribution in [1.82, 2.24) is 4.90 Å². The largest absolute Gasteiger partial charge is 0.445 e. The van der Waals surface area contributed by atoms with E-state index >= 15 is 0 Å². The first kappa shape index (κ1) is 23.7. The van der Waals surface area contributed by atoms with Crippen molar-refractivity contribution in [3.63, 3.8) is 0 Å². The Morgan fingerprint density at radius 2 is 1.50 bits per heavy atom. The number of rotatable bonds is 8. The Morgan fingerprint density at radius 1 is 1.00 bits per heavy atom. The third kappa shape index (κ3) is 4.88. The van der Waals surface area contributed by atoms with Crippen molar-refractivity contribution in [3.8, 4) is 6.07 Å². The van der Waals surface area contributed by atoms with Crippen LogP contribution >= 0.6 is 11.8 Å². The number of thioether (sulfide) groups is 1. The minimum absolute atomic E-state index is 0.121. The molecule has 0 N–H and O–H groups in total. The van der Waals surface area contributed by atoms with E-state index in [-0.39, 0.29) is 30.4 Å². The van der Waals surface area contributed by atoms with Gasteiger partial charge in [-0.2, -0.15) is 5.26 Å². The summed E-state index contributed by atoms with van der Waals surface area (Å²) in [6.45, 7) is 4.32. The molecule has 0 spiro atoms. The maximum Gasteiger partial charge on any atom is 0.410 e. The van der Waals surface area contributed by atoms with Gasteiger partial charge in [0.15, 0.2) is 0 Å². The quantitative estimate of drug-likeness (QED) is 0.284. The van der Waals surface area contributed by atoms with E-state index in [0.29, 0.717) is 6.54 Å². The molecule has 0 bridgehead atoms. The predicted octanol–water partition coefficient (Wildman–Crippen LogP) is 6.39. The van der Waals surface area contributed by atoms with E-state index < -0.39 is 4.75 Å². The fourth-order valence-electron chi connectivity index (χ4n) is 4.67. The van der Waals surface area contributed by atoms with Gasteiger partial charge < -0.3 is 9.64 Å². The number of hydrogen-bond donors (Lipinski definition) is 0. The Bertz CT molecular complexity index is 1030. The molecule has 172 valence electrons. The second-order valence-electron chi connectivity index (χ2n) is 8.29. The van der Waals surface area contributed by atoms with E-state index in [4.69, 9.17) is 4.74 Å². The average molecular weight is 469 g/mol. The van der Waals surface area contributed by atoms with Crippen LogP contribution in [0, 0.1) is 11.3 Å². The molecule has 0 saturated carbocycles. The van der Waals surface area contributed by atoms with Gasteiger partial charge in [-0.3, -0.25) is 0 Å². The lowest BCUT2D eigenvalue weighted by atomic mass is 9.84. The first-order valence-electron chi connectivity index (χ1n) is 11.4. The van der Waals surface area contributed by atoms with Crippen LogP contribution in [0.1, 0.15) is 29.5 Å². The zero-order chi connectivity index (χ0) is 23.8. The number of carbonyl (C=O) groups excluding carboxylic acids is 1. The molecule has 3 aromatic rings. The van der Waals surface area contributed by atoms with Crippen LogP contribution in [0.5, 0.6) is 0 Å². The lowest BCUT2D eigenvalue weighted by Gasteiger charge is -2.37. The van der Waals surface area contributed by atoms with Crippen LogP contribution in [-0.2, 0) is 9.48 Å². The monoisotopic (exact) mass is 468 g/mol. The van der Waals surface area contributed by atoms with E-state index in [1.165, 1.54) is 16.7 Å². The summed E-state index contributed by atoms with van der Waals surface area (Å²) < 4.78 is 4.87. The average Bonchev–Trinajstić information content (AvgIpc) is 3.30. The summed E-state index contributed by atoms with van der Waals surface area (Å²) in [6.07, 6.45) is 2.20. The van der Waals surface area contributed by atoms with Gasteiger partial charge in [0.05, 0.1) is 17.2 Å². The molecule has 1 aliphatic heterocycles.